The predicted molar refractivity (Wildman–Crippen MR) is 73.9 cm³/mol. The van der Waals surface area contributed by atoms with Gasteiger partial charge in [-0.3, -0.25) is 0 Å². The summed E-state index contributed by atoms with van der Waals surface area (Å²) < 4.78 is 1.21. The average Bonchev–Trinajstić information content (AvgIpc) is 2.78. The quantitative estimate of drug-likeness (QED) is 0.843. The van der Waals surface area contributed by atoms with Crippen LogP contribution in [0.3, 0.4) is 0 Å². The zero-order chi connectivity index (χ0) is 11.5. The average molecular weight is 282 g/mol. The van der Waals surface area contributed by atoms with E-state index in [0.29, 0.717) is 6.04 Å². The van der Waals surface area contributed by atoms with Gasteiger partial charge in [0.15, 0.2) is 0 Å². The number of halogens is 1. The van der Waals surface area contributed by atoms with Crippen molar-refractivity contribution in [2.24, 2.45) is 5.92 Å². The zero-order valence-electron chi connectivity index (χ0n) is 10.1. The van der Waals surface area contributed by atoms with Crippen LogP contribution in [0.4, 0.5) is 5.69 Å². The molecule has 1 saturated carbocycles. The van der Waals surface area contributed by atoms with Gasteiger partial charge in [-0.25, -0.2) is 0 Å². The summed E-state index contributed by atoms with van der Waals surface area (Å²) in [6, 6.07) is 6.99. The molecule has 1 nitrogen and oxygen atoms in total. The SMILES string of the molecule is Cc1cccc(NC(C)C2CCCC2)c1Br. The first-order chi connectivity index (χ1) is 7.68. The highest BCUT2D eigenvalue weighted by Crippen LogP contribution is 2.32. The van der Waals surface area contributed by atoms with Crippen molar-refractivity contribution in [2.45, 2.75) is 45.6 Å². The van der Waals surface area contributed by atoms with Crippen LogP contribution in [-0.4, -0.2) is 6.04 Å². The molecule has 0 aliphatic heterocycles. The lowest BCUT2D eigenvalue weighted by Gasteiger charge is -2.22. The minimum Gasteiger partial charge on any atom is -0.381 e. The minimum atomic E-state index is 0.584. The van der Waals surface area contributed by atoms with E-state index in [1.807, 2.05) is 0 Å². The maximum Gasteiger partial charge on any atom is 0.0489 e. The fourth-order valence-electron chi connectivity index (χ4n) is 2.58. The molecule has 1 unspecified atom stereocenters. The summed E-state index contributed by atoms with van der Waals surface area (Å²) in [5.41, 5.74) is 2.53. The number of hydrogen-bond donors (Lipinski definition) is 1. The van der Waals surface area contributed by atoms with Crippen LogP contribution in [0.15, 0.2) is 22.7 Å². The molecule has 88 valence electrons. The van der Waals surface area contributed by atoms with Crippen LogP contribution >= 0.6 is 15.9 Å². The summed E-state index contributed by atoms with van der Waals surface area (Å²) >= 11 is 3.65. The summed E-state index contributed by atoms with van der Waals surface area (Å²) in [6.45, 7) is 4.44. The van der Waals surface area contributed by atoms with Gasteiger partial charge >= 0.3 is 0 Å². The molecule has 1 aromatic carbocycles. The Morgan fingerprint density at radius 2 is 2.00 bits per heavy atom. The molecule has 0 spiro atoms. The van der Waals surface area contributed by atoms with Gasteiger partial charge in [-0.1, -0.05) is 25.0 Å². The second kappa shape index (κ2) is 5.22. The summed E-state index contributed by atoms with van der Waals surface area (Å²) in [5, 5.41) is 3.65. The fourth-order valence-corrected chi connectivity index (χ4v) is 2.96. The highest BCUT2D eigenvalue weighted by atomic mass is 79.9. The number of rotatable bonds is 3. The van der Waals surface area contributed by atoms with Crippen LogP contribution in [-0.2, 0) is 0 Å². The third-order valence-electron chi connectivity index (χ3n) is 3.68. The number of hydrogen-bond acceptors (Lipinski definition) is 1. The third-order valence-corrected chi connectivity index (χ3v) is 4.73. The van der Waals surface area contributed by atoms with Crippen molar-refractivity contribution in [1.82, 2.24) is 0 Å². The molecule has 0 aromatic heterocycles. The van der Waals surface area contributed by atoms with E-state index in [4.69, 9.17) is 0 Å². The topological polar surface area (TPSA) is 12.0 Å². The Morgan fingerprint density at radius 1 is 1.31 bits per heavy atom. The second-order valence-corrected chi connectivity index (χ2v) is 5.71. The highest BCUT2D eigenvalue weighted by Gasteiger charge is 2.21. The number of aryl methyl sites for hydroxylation is 1. The van der Waals surface area contributed by atoms with E-state index in [-0.39, 0.29) is 0 Å². The normalized spacial score (nSPS) is 18.7. The van der Waals surface area contributed by atoms with Crippen molar-refractivity contribution in [3.63, 3.8) is 0 Å². The lowest BCUT2D eigenvalue weighted by atomic mass is 9.99. The van der Waals surface area contributed by atoms with Crippen LogP contribution in [0.25, 0.3) is 0 Å². The molecule has 1 fully saturated rings. The molecule has 0 radical (unpaired) electrons. The van der Waals surface area contributed by atoms with Crippen molar-refractivity contribution in [2.75, 3.05) is 5.32 Å². The third kappa shape index (κ3) is 2.60. The standard InChI is InChI=1S/C14H20BrN/c1-10-6-5-9-13(14(10)15)16-11(2)12-7-3-4-8-12/h5-6,9,11-12,16H,3-4,7-8H2,1-2H3. The molecular formula is C14H20BrN. The number of nitrogens with one attached hydrogen (secondary N) is 1. The van der Waals surface area contributed by atoms with Gasteiger partial charge in [0.1, 0.15) is 0 Å². The molecule has 0 heterocycles. The van der Waals surface area contributed by atoms with Crippen LogP contribution in [0.1, 0.15) is 38.2 Å². The Bertz CT molecular complexity index is 356. The van der Waals surface area contributed by atoms with Crippen LogP contribution in [0, 0.1) is 12.8 Å². The first kappa shape index (κ1) is 12.0. The van der Waals surface area contributed by atoms with E-state index in [0.717, 1.165) is 5.92 Å². The first-order valence-electron chi connectivity index (χ1n) is 6.20. The Morgan fingerprint density at radius 3 is 2.69 bits per heavy atom. The largest absolute Gasteiger partial charge is 0.381 e. The number of benzene rings is 1. The summed E-state index contributed by atoms with van der Waals surface area (Å²) in [6.07, 6.45) is 5.59. The Balaban J connectivity index is 2.05. The minimum absolute atomic E-state index is 0.584. The maximum absolute atomic E-state index is 3.65. The molecule has 1 aromatic rings. The molecular weight excluding hydrogens is 262 g/mol. The molecule has 0 saturated heterocycles. The Hall–Kier alpha value is -0.500. The Kier molecular flexibility index (Phi) is 3.91. The van der Waals surface area contributed by atoms with E-state index < -0.39 is 0 Å². The Labute approximate surface area is 107 Å². The molecule has 0 amide bonds. The summed E-state index contributed by atoms with van der Waals surface area (Å²) in [7, 11) is 0. The van der Waals surface area contributed by atoms with E-state index >= 15 is 0 Å². The molecule has 1 aliphatic carbocycles. The van der Waals surface area contributed by atoms with E-state index in [2.05, 4.69) is 53.3 Å². The number of anilines is 1. The molecule has 1 aliphatic rings. The van der Waals surface area contributed by atoms with Crippen molar-refractivity contribution in [3.05, 3.63) is 28.2 Å². The van der Waals surface area contributed by atoms with E-state index in [1.165, 1.54) is 41.4 Å². The highest BCUT2D eigenvalue weighted by molar-refractivity contribution is 9.10. The molecule has 2 rings (SSSR count). The molecule has 2 heteroatoms. The lowest BCUT2D eigenvalue weighted by molar-refractivity contribution is 0.482. The van der Waals surface area contributed by atoms with Gasteiger partial charge < -0.3 is 5.32 Å². The summed E-state index contributed by atoms with van der Waals surface area (Å²) in [5.74, 6) is 0.854. The van der Waals surface area contributed by atoms with Crippen molar-refractivity contribution < 1.29 is 0 Å². The van der Waals surface area contributed by atoms with E-state index in [9.17, 15) is 0 Å². The van der Waals surface area contributed by atoms with Gasteiger partial charge in [-0.2, -0.15) is 0 Å². The van der Waals surface area contributed by atoms with Crippen LogP contribution in [0.5, 0.6) is 0 Å². The van der Waals surface area contributed by atoms with Crippen molar-refractivity contribution in [3.8, 4) is 0 Å². The van der Waals surface area contributed by atoms with Gasteiger partial charge in [-0.15, -0.1) is 0 Å². The molecule has 16 heavy (non-hydrogen) atoms. The van der Waals surface area contributed by atoms with Crippen LogP contribution < -0.4 is 5.32 Å². The van der Waals surface area contributed by atoms with Gasteiger partial charge in [-0.05, 0) is 60.2 Å². The molecule has 1 atom stereocenters. The molecule has 0 bridgehead atoms. The molecule has 1 N–H and O–H groups in total. The van der Waals surface area contributed by atoms with Gasteiger partial charge in [0.25, 0.3) is 0 Å². The van der Waals surface area contributed by atoms with Gasteiger partial charge in [0.05, 0.1) is 0 Å². The second-order valence-electron chi connectivity index (χ2n) is 4.91. The van der Waals surface area contributed by atoms with Gasteiger partial charge in [0.2, 0.25) is 0 Å². The van der Waals surface area contributed by atoms with Crippen molar-refractivity contribution in [1.29, 1.82) is 0 Å². The summed E-state index contributed by atoms with van der Waals surface area (Å²) in [4.78, 5) is 0. The van der Waals surface area contributed by atoms with Crippen LogP contribution in [0.2, 0.25) is 0 Å². The van der Waals surface area contributed by atoms with Crippen molar-refractivity contribution >= 4 is 21.6 Å². The first-order valence-corrected chi connectivity index (χ1v) is 6.99. The maximum atomic E-state index is 3.65. The fraction of sp³-hybridized carbons (Fsp3) is 0.571. The lowest BCUT2D eigenvalue weighted by Crippen LogP contribution is -2.24. The zero-order valence-corrected chi connectivity index (χ0v) is 11.7. The van der Waals surface area contributed by atoms with E-state index in [1.54, 1.807) is 0 Å². The predicted octanol–water partition coefficient (Wildman–Crippen LogP) is 4.75. The monoisotopic (exact) mass is 281 g/mol. The smallest absolute Gasteiger partial charge is 0.0489 e. The van der Waals surface area contributed by atoms with Gasteiger partial charge in [0, 0.05) is 16.2 Å².